The lowest BCUT2D eigenvalue weighted by Crippen LogP contribution is -2.45. The molecule has 11 heteroatoms. The number of thiazole rings is 1. The zero-order valence-corrected chi connectivity index (χ0v) is 20.0. The number of aryl methyl sites for hydroxylation is 1. The quantitative estimate of drug-likeness (QED) is 0.581. The van der Waals surface area contributed by atoms with Gasteiger partial charge in [0, 0.05) is 19.1 Å². The first-order valence-corrected chi connectivity index (χ1v) is 13.1. The van der Waals surface area contributed by atoms with E-state index in [1.54, 1.807) is 27.7 Å². The van der Waals surface area contributed by atoms with Crippen LogP contribution in [0.5, 0.6) is 0 Å². The van der Waals surface area contributed by atoms with E-state index in [0.717, 1.165) is 29.5 Å². The van der Waals surface area contributed by atoms with E-state index < -0.39 is 39.1 Å². The maximum absolute atomic E-state index is 12.5. The number of aromatic nitrogens is 1. The first-order valence-electron chi connectivity index (χ1n) is 10.4. The molecule has 1 aliphatic heterocycles. The summed E-state index contributed by atoms with van der Waals surface area (Å²) in [7, 11) is -2.65. The van der Waals surface area contributed by atoms with E-state index in [9.17, 15) is 22.8 Å². The monoisotopic (exact) mass is 481 g/mol. The molecule has 0 saturated carbocycles. The smallest absolute Gasteiger partial charge is 0.337 e. The highest BCUT2D eigenvalue weighted by atomic mass is 32.2. The number of carbonyl (C=O) groups is 3. The third-order valence-electron chi connectivity index (χ3n) is 5.45. The molecular weight excluding hydrogens is 454 g/mol. The van der Waals surface area contributed by atoms with Crippen LogP contribution in [-0.4, -0.2) is 66.9 Å². The number of sulfone groups is 1. The molecule has 1 fully saturated rings. The fraction of sp³-hybridized carbons (Fsp3) is 0.524. The van der Waals surface area contributed by atoms with Crippen LogP contribution in [-0.2, 0) is 30.7 Å². The molecule has 174 valence electrons. The molecule has 1 saturated heterocycles. The molecule has 2 aromatic rings. The number of nitrogens with zero attached hydrogens (tertiary/aromatic N) is 3. The topological polar surface area (TPSA) is 115 Å². The Labute approximate surface area is 190 Å². The summed E-state index contributed by atoms with van der Waals surface area (Å²) in [6, 6.07) is 5.01. The molecule has 1 aromatic carbocycles. The molecule has 32 heavy (non-hydrogen) atoms. The molecule has 2 amide bonds. The van der Waals surface area contributed by atoms with Gasteiger partial charge in [-0.3, -0.25) is 9.59 Å². The Hall–Kier alpha value is -2.53. The van der Waals surface area contributed by atoms with Gasteiger partial charge >= 0.3 is 5.97 Å². The van der Waals surface area contributed by atoms with E-state index in [1.807, 2.05) is 13.8 Å². The first-order chi connectivity index (χ1) is 15.1. The second-order valence-corrected chi connectivity index (χ2v) is 10.8. The van der Waals surface area contributed by atoms with Gasteiger partial charge in [-0.05, 0) is 51.3 Å². The molecule has 9 nitrogen and oxygen atoms in total. The summed E-state index contributed by atoms with van der Waals surface area (Å²) in [5.41, 5.74) is 1.14. The molecule has 1 aliphatic rings. The SMILES string of the molecule is CCn1c(=NC(=O)CS(=O)(=O)CC(=O)N2CCCCC2C)sc2cc(C(=O)OC)ccc21. The third-order valence-corrected chi connectivity index (χ3v) is 7.87. The molecule has 1 aromatic heterocycles. The van der Waals surface area contributed by atoms with Crippen LogP contribution in [0, 0.1) is 0 Å². The van der Waals surface area contributed by atoms with E-state index in [1.165, 1.54) is 18.4 Å². The van der Waals surface area contributed by atoms with E-state index in [0.29, 0.717) is 23.5 Å². The fourth-order valence-electron chi connectivity index (χ4n) is 3.83. The molecule has 2 heterocycles. The summed E-state index contributed by atoms with van der Waals surface area (Å²) in [5, 5.41) is 0. The van der Waals surface area contributed by atoms with Crippen molar-refractivity contribution in [2.45, 2.75) is 45.7 Å². The summed E-state index contributed by atoms with van der Waals surface area (Å²) < 4.78 is 32.2. The highest BCUT2D eigenvalue weighted by molar-refractivity contribution is 7.92. The molecule has 0 N–H and O–H groups in total. The van der Waals surface area contributed by atoms with E-state index in [-0.39, 0.29) is 6.04 Å². The second-order valence-electron chi connectivity index (χ2n) is 7.77. The number of rotatable bonds is 6. The average Bonchev–Trinajstić information content (AvgIpc) is 3.08. The van der Waals surface area contributed by atoms with Gasteiger partial charge < -0.3 is 14.2 Å². The highest BCUT2D eigenvalue weighted by Crippen LogP contribution is 2.20. The number of esters is 1. The zero-order chi connectivity index (χ0) is 23.5. The van der Waals surface area contributed by atoms with Crippen LogP contribution in [0.2, 0.25) is 0 Å². The highest BCUT2D eigenvalue weighted by Gasteiger charge is 2.28. The molecule has 0 aliphatic carbocycles. The van der Waals surface area contributed by atoms with Gasteiger partial charge in [-0.25, -0.2) is 13.2 Å². The Morgan fingerprint density at radius 1 is 1.22 bits per heavy atom. The molecule has 0 spiro atoms. The summed E-state index contributed by atoms with van der Waals surface area (Å²) in [6.45, 7) is 4.82. The van der Waals surface area contributed by atoms with Crippen molar-refractivity contribution in [1.82, 2.24) is 9.47 Å². The average molecular weight is 482 g/mol. The predicted octanol–water partition coefficient (Wildman–Crippen LogP) is 1.75. The van der Waals surface area contributed by atoms with E-state index in [2.05, 4.69) is 4.99 Å². The van der Waals surface area contributed by atoms with Crippen LogP contribution in [0.1, 0.15) is 43.5 Å². The maximum Gasteiger partial charge on any atom is 0.337 e. The number of hydrogen-bond acceptors (Lipinski definition) is 7. The Kier molecular flexibility index (Phi) is 7.50. The molecular formula is C21H27N3O6S2. The number of piperidine rings is 1. The Bertz CT molecular complexity index is 1210. The maximum atomic E-state index is 12.5. The minimum absolute atomic E-state index is 0.00350. The van der Waals surface area contributed by atoms with Crippen molar-refractivity contribution in [1.29, 1.82) is 0 Å². The number of carbonyl (C=O) groups excluding carboxylic acids is 3. The van der Waals surface area contributed by atoms with Crippen molar-refractivity contribution >= 4 is 49.2 Å². The van der Waals surface area contributed by atoms with Gasteiger partial charge in [0.1, 0.15) is 11.5 Å². The number of hydrogen-bond donors (Lipinski definition) is 0. The van der Waals surface area contributed by atoms with Crippen molar-refractivity contribution in [3.63, 3.8) is 0 Å². The fourth-order valence-corrected chi connectivity index (χ4v) is 6.06. The molecule has 3 rings (SSSR count). The Morgan fingerprint density at radius 3 is 2.62 bits per heavy atom. The molecule has 0 radical (unpaired) electrons. The lowest BCUT2D eigenvalue weighted by atomic mass is 10.0. The number of methoxy groups -OCH3 is 1. The van der Waals surface area contributed by atoms with Crippen molar-refractivity contribution in [3.05, 3.63) is 28.6 Å². The Morgan fingerprint density at radius 2 is 1.97 bits per heavy atom. The zero-order valence-electron chi connectivity index (χ0n) is 18.4. The summed E-state index contributed by atoms with van der Waals surface area (Å²) in [6.07, 6.45) is 2.72. The molecule has 1 unspecified atom stereocenters. The van der Waals surface area contributed by atoms with Gasteiger partial charge in [0.15, 0.2) is 14.6 Å². The third kappa shape index (κ3) is 5.44. The van der Waals surface area contributed by atoms with Crippen molar-refractivity contribution < 1.29 is 27.5 Å². The van der Waals surface area contributed by atoms with Crippen LogP contribution in [0.3, 0.4) is 0 Å². The summed E-state index contributed by atoms with van der Waals surface area (Å²) in [4.78, 5) is 42.6. The number of benzene rings is 1. The van der Waals surface area contributed by atoms with E-state index in [4.69, 9.17) is 4.74 Å². The van der Waals surface area contributed by atoms with Crippen molar-refractivity contribution in [3.8, 4) is 0 Å². The number of likely N-dealkylation sites (tertiary alicyclic amines) is 1. The van der Waals surface area contributed by atoms with Gasteiger partial charge in [0.05, 0.1) is 22.9 Å². The van der Waals surface area contributed by atoms with Gasteiger partial charge in [-0.2, -0.15) is 4.99 Å². The van der Waals surface area contributed by atoms with Gasteiger partial charge in [-0.1, -0.05) is 11.3 Å². The standard InChI is InChI=1S/C21H27N3O6S2/c1-4-23-16-9-8-15(20(27)30-3)11-17(16)31-21(23)22-18(25)12-32(28,29)13-19(26)24-10-6-5-7-14(24)2/h8-9,11,14H,4-7,10,12-13H2,1-3H3. The van der Waals surface area contributed by atoms with Crippen LogP contribution >= 0.6 is 11.3 Å². The number of amides is 2. The largest absolute Gasteiger partial charge is 0.465 e. The van der Waals surface area contributed by atoms with E-state index >= 15 is 0 Å². The minimum atomic E-state index is -3.94. The normalized spacial score (nSPS) is 17.5. The van der Waals surface area contributed by atoms with Crippen LogP contribution in [0.25, 0.3) is 10.2 Å². The Balaban J connectivity index is 1.80. The van der Waals surface area contributed by atoms with Crippen molar-refractivity contribution in [2.75, 3.05) is 25.2 Å². The number of ether oxygens (including phenoxy) is 1. The summed E-state index contributed by atoms with van der Waals surface area (Å²) >= 11 is 1.18. The van der Waals surface area contributed by atoms with Gasteiger partial charge in [0.25, 0.3) is 5.91 Å². The van der Waals surface area contributed by atoms with Crippen molar-refractivity contribution in [2.24, 2.45) is 4.99 Å². The first kappa shape index (κ1) is 24.1. The molecule has 0 bridgehead atoms. The lowest BCUT2D eigenvalue weighted by Gasteiger charge is -2.33. The van der Waals surface area contributed by atoms with Crippen LogP contribution in [0.4, 0.5) is 0 Å². The minimum Gasteiger partial charge on any atom is -0.465 e. The predicted molar refractivity (Wildman–Crippen MR) is 121 cm³/mol. The van der Waals surface area contributed by atoms with Crippen LogP contribution in [0.15, 0.2) is 23.2 Å². The van der Waals surface area contributed by atoms with Gasteiger partial charge in [-0.15, -0.1) is 0 Å². The summed E-state index contributed by atoms with van der Waals surface area (Å²) in [5.74, 6) is -3.29. The number of fused-ring (bicyclic) bond motifs is 1. The second kappa shape index (κ2) is 9.95. The van der Waals surface area contributed by atoms with Crippen LogP contribution < -0.4 is 4.80 Å². The lowest BCUT2D eigenvalue weighted by molar-refractivity contribution is -0.131. The molecule has 1 atom stereocenters. The van der Waals surface area contributed by atoms with Gasteiger partial charge in [0.2, 0.25) is 5.91 Å².